The lowest BCUT2D eigenvalue weighted by molar-refractivity contribution is -0.150. The molecular weight excluding hydrogens is 468 g/mol. The van der Waals surface area contributed by atoms with Crippen molar-refractivity contribution >= 4 is 23.6 Å². The van der Waals surface area contributed by atoms with Crippen LogP contribution in [-0.4, -0.2) is 61.6 Å². The first-order valence-electron chi connectivity index (χ1n) is 11.0. The molecule has 2 aliphatic rings. The molecule has 182 valence electrons. The number of aromatic nitrogens is 3. The molecule has 1 saturated heterocycles. The van der Waals surface area contributed by atoms with Crippen LogP contribution in [0.1, 0.15) is 18.7 Å². The zero-order valence-corrected chi connectivity index (χ0v) is 19.1. The third-order valence-corrected chi connectivity index (χ3v) is 5.69. The maximum atomic E-state index is 12.9. The molecule has 2 aromatic heterocycles. The molecule has 5 rings (SSSR count). The number of pyridine rings is 1. The molecule has 1 unspecified atom stereocenters. The van der Waals surface area contributed by atoms with Gasteiger partial charge in [-0.2, -0.15) is 4.98 Å². The Kier molecular flexibility index (Phi) is 5.98. The van der Waals surface area contributed by atoms with E-state index in [4.69, 9.17) is 9.26 Å². The van der Waals surface area contributed by atoms with Crippen LogP contribution in [0.4, 0.5) is 0 Å². The molecule has 12 nitrogen and oxygen atoms in total. The van der Waals surface area contributed by atoms with E-state index < -0.39 is 29.7 Å². The highest BCUT2D eigenvalue weighted by molar-refractivity contribution is 6.18. The minimum Gasteiger partial charge on any atom is -0.457 e. The van der Waals surface area contributed by atoms with Crippen LogP contribution in [0.2, 0.25) is 0 Å². The summed E-state index contributed by atoms with van der Waals surface area (Å²) in [6.07, 6.45) is 4.55. The summed E-state index contributed by atoms with van der Waals surface area (Å²) < 4.78 is 11.2. The molecule has 0 spiro atoms. The van der Waals surface area contributed by atoms with E-state index in [-0.39, 0.29) is 31.0 Å². The molecule has 4 heterocycles. The molecule has 1 aromatic carbocycles. The van der Waals surface area contributed by atoms with Gasteiger partial charge in [0, 0.05) is 37.5 Å². The molecule has 0 bridgehead atoms. The zero-order valence-electron chi connectivity index (χ0n) is 19.1. The van der Waals surface area contributed by atoms with Crippen LogP contribution < -0.4 is 10.1 Å². The van der Waals surface area contributed by atoms with Gasteiger partial charge < -0.3 is 14.2 Å². The van der Waals surface area contributed by atoms with E-state index in [0.29, 0.717) is 22.9 Å². The van der Waals surface area contributed by atoms with Gasteiger partial charge in [-0.25, -0.2) is 0 Å². The Morgan fingerprint density at radius 3 is 2.72 bits per heavy atom. The first-order chi connectivity index (χ1) is 17.4. The molecule has 1 fully saturated rings. The molecule has 1 N–H and O–H groups in total. The number of imide groups is 2. The van der Waals surface area contributed by atoms with Crippen molar-refractivity contribution in [3.05, 3.63) is 66.5 Å². The van der Waals surface area contributed by atoms with Crippen LogP contribution in [0.3, 0.4) is 0 Å². The number of carbonyl (C=O) groups is 4. The smallest absolute Gasteiger partial charge is 0.277 e. The summed E-state index contributed by atoms with van der Waals surface area (Å²) >= 11 is 0. The van der Waals surface area contributed by atoms with Crippen LogP contribution in [-0.2, 0) is 25.7 Å². The van der Waals surface area contributed by atoms with Crippen molar-refractivity contribution in [1.29, 1.82) is 0 Å². The number of hydrogen-bond acceptors (Lipinski definition) is 10. The van der Waals surface area contributed by atoms with Gasteiger partial charge in [0.15, 0.2) is 0 Å². The first kappa shape index (κ1) is 22.9. The Bertz CT molecular complexity index is 1380. The topological polar surface area (TPSA) is 148 Å². The number of amides is 4. The molecule has 0 saturated carbocycles. The van der Waals surface area contributed by atoms with Gasteiger partial charge in [0.1, 0.15) is 23.2 Å². The molecule has 1 atom stereocenters. The lowest BCUT2D eigenvalue weighted by Gasteiger charge is -2.29. The number of nitrogens with one attached hydrogen (secondary N) is 1. The van der Waals surface area contributed by atoms with Crippen molar-refractivity contribution in [3.63, 3.8) is 0 Å². The van der Waals surface area contributed by atoms with Crippen molar-refractivity contribution in [3.8, 4) is 22.9 Å². The number of carbonyl (C=O) groups excluding carboxylic acids is 4. The fourth-order valence-corrected chi connectivity index (χ4v) is 3.93. The van der Waals surface area contributed by atoms with E-state index >= 15 is 0 Å². The number of piperidine rings is 1. The Morgan fingerprint density at radius 2 is 1.94 bits per heavy atom. The number of nitrogens with zero attached hydrogens (tertiary/aromatic N) is 5. The number of likely N-dealkylation sites (N-methyl/N-ethyl adjacent to an activating group) is 1. The minimum atomic E-state index is -1.03. The molecule has 3 aromatic rings. The Balaban J connectivity index is 1.26. The second-order valence-electron chi connectivity index (χ2n) is 8.19. The van der Waals surface area contributed by atoms with Crippen LogP contribution in [0.15, 0.2) is 65.1 Å². The highest BCUT2D eigenvalue weighted by Crippen LogP contribution is 2.27. The largest absolute Gasteiger partial charge is 0.457 e. The lowest BCUT2D eigenvalue weighted by Crippen LogP contribution is -2.54. The van der Waals surface area contributed by atoms with Gasteiger partial charge in [0.25, 0.3) is 11.8 Å². The minimum absolute atomic E-state index is 0.0498. The maximum Gasteiger partial charge on any atom is 0.277 e. The van der Waals surface area contributed by atoms with E-state index in [1.807, 2.05) is 0 Å². The van der Waals surface area contributed by atoms with Crippen LogP contribution in [0.5, 0.6) is 11.5 Å². The first-order valence-corrected chi connectivity index (χ1v) is 11.0. The Morgan fingerprint density at radius 1 is 1.14 bits per heavy atom. The van der Waals surface area contributed by atoms with Gasteiger partial charge in [0.2, 0.25) is 23.5 Å². The van der Waals surface area contributed by atoms with E-state index in [9.17, 15) is 19.2 Å². The van der Waals surface area contributed by atoms with E-state index in [2.05, 4.69) is 20.4 Å². The van der Waals surface area contributed by atoms with Gasteiger partial charge in [-0.3, -0.25) is 34.4 Å². The van der Waals surface area contributed by atoms with E-state index in [0.717, 1.165) is 11.0 Å². The summed E-state index contributed by atoms with van der Waals surface area (Å²) in [4.78, 5) is 59.7. The molecule has 2 aliphatic heterocycles. The summed E-state index contributed by atoms with van der Waals surface area (Å²) in [5.74, 6) is -0.584. The predicted molar refractivity (Wildman–Crippen MR) is 122 cm³/mol. The van der Waals surface area contributed by atoms with Gasteiger partial charge >= 0.3 is 0 Å². The second-order valence-corrected chi connectivity index (χ2v) is 8.19. The predicted octanol–water partition coefficient (Wildman–Crippen LogP) is 1.41. The summed E-state index contributed by atoms with van der Waals surface area (Å²) in [6.45, 7) is 0.0498. The SMILES string of the molecule is CN(Cc1nc(-c2cccc(Oc3ccncc3)c2)no1)C1=CC(=O)N(C2CCC(=O)NC2=O)C1=O. The average molecular weight is 488 g/mol. The van der Waals surface area contributed by atoms with Crippen LogP contribution in [0, 0.1) is 0 Å². The fraction of sp³-hybridized carbons (Fsp3) is 0.208. The molecule has 0 radical (unpaired) electrons. The van der Waals surface area contributed by atoms with E-state index in [1.54, 1.807) is 55.8 Å². The zero-order chi connectivity index (χ0) is 25.2. The van der Waals surface area contributed by atoms with Gasteiger partial charge in [-0.1, -0.05) is 17.3 Å². The molecule has 36 heavy (non-hydrogen) atoms. The van der Waals surface area contributed by atoms with Gasteiger partial charge in [-0.15, -0.1) is 0 Å². The number of hydrogen-bond donors (Lipinski definition) is 1. The van der Waals surface area contributed by atoms with E-state index in [1.165, 1.54) is 4.90 Å². The molecular formula is C24H20N6O6. The monoisotopic (exact) mass is 488 g/mol. The summed E-state index contributed by atoms with van der Waals surface area (Å²) in [5, 5.41) is 6.17. The van der Waals surface area contributed by atoms with Crippen molar-refractivity contribution in [2.75, 3.05) is 7.05 Å². The fourth-order valence-electron chi connectivity index (χ4n) is 3.93. The molecule has 4 amide bonds. The molecule has 0 aliphatic carbocycles. The highest BCUT2D eigenvalue weighted by Gasteiger charge is 2.43. The number of ether oxygens (including phenoxy) is 1. The van der Waals surface area contributed by atoms with Crippen molar-refractivity contribution in [1.82, 2.24) is 30.2 Å². The third kappa shape index (κ3) is 4.56. The normalized spacial score (nSPS) is 17.8. The Hall–Kier alpha value is -4.87. The Labute approximate surface area is 204 Å². The number of benzene rings is 1. The van der Waals surface area contributed by atoms with Crippen molar-refractivity contribution in [2.45, 2.75) is 25.4 Å². The maximum absolute atomic E-state index is 12.9. The number of rotatable bonds is 7. The lowest BCUT2D eigenvalue weighted by atomic mass is 10.0. The van der Waals surface area contributed by atoms with Crippen LogP contribution in [0.25, 0.3) is 11.4 Å². The van der Waals surface area contributed by atoms with Gasteiger partial charge in [-0.05, 0) is 30.7 Å². The summed E-state index contributed by atoms with van der Waals surface area (Å²) in [5.41, 5.74) is 0.742. The molecule has 12 heteroatoms. The quantitative estimate of drug-likeness (QED) is 0.484. The highest BCUT2D eigenvalue weighted by atomic mass is 16.5. The van der Waals surface area contributed by atoms with Crippen molar-refractivity contribution < 1.29 is 28.4 Å². The van der Waals surface area contributed by atoms with Crippen LogP contribution >= 0.6 is 0 Å². The summed E-state index contributed by atoms with van der Waals surface area (Å²) in [6, 6.07) is 9.60. The van der Waals surface area contributed by atoms with Gasteiger partial charge in [0.05, 0.1) is 6.54 Å². The third-order valence-electron chi connectivity index (χ3n) is 5.69. The summed E-state index contributed by atoms with van der Waals surface area (Å²) in [7, 11) is 1.60. The standard InChI is InChI=1S/C24H20N6O6/c1-29(18-12-21(32)30(24(18)34)17-5-6-19(31)26-23(17)33)13-20-27-22(28-36-20)14-3-2-4-16(11-14)35-15-7-9-25-10-8-15/h2-4,7-12,17H,5-6,13H2,1H3,(H,26,31,33). The average Bonchev–Trinajstić information content (AvgIpc) is 3.44. The second kappa shape index (κ2) is 9.41. The van der Waals surface area contributed by atoms with Crippen molar-refractivity contribution in [2.24, 2.45) is 0 Å².